The van der Waals surface area contributed by atoms with E-state index in [0.717, 1.165) is 21.9 Å². The molecular formula is C18H18OS2. The third-order valence-corrected chi connectivity index (χ3v) is 5.28. The number of hydrogen-bond acceptors (Lipinski definition) is 3. The number of hydrogen-bond donors (Lipinski definition) is 0. The van der Waals surface area contributed by atoms with Crippen molar-refractivity contribution in [2.24, 2.45) is 5.41 Å². The van der Waals surface area contributed by atoms with Crippen LogP contribution >= 0.6 is 24.0 Å². The zero-order chi connectivity index (χ0) is 15.0. The molecule has 0 atom stereocenters. The van der Waals surface area contributed by atoms with Crippen molar-refractivity contribution < 1.29 is 4.79 Å². The van der Waals surface area contributed by atoms with Gasteiger partial charge in [0.15, 0.2) is 5.78 Å². The molecule has 0 spiro atoms. The molecule has 1 nitrogen and oxygen atoms in total. The van der Waals surface area contributed by atoms with Gasteiger partial charge in [0.05, 0.1) is 15.5 Å². The van der Waals surface area contributed by atoms with Crippen molar-refractivity contribution in [2.75, 3.05) is 0 Å². The number of rotatable bonds is 2. The van der Waals surface area contributed by atoms with E-state index in [9.17, 15) is 4.79 Å². The van der Waals surface area contributed by atoms with Gasteiger partial charge < -0.3 is 0 Å². The molecule has 0 bridgehead atoms. The summed E-state index contributed by atoms with van der Waals surface area (Å²) >= 11 is 6.56. The Morgan fingerprint density at radius 3 is 2.71 bits per heavy atom. The minimum absolute atomic E-state index is 0.165. The number of thioether (sulfide) groups is 1. The van der Waals surface area contributed by atoms with Crippen molar-refractivity contribution in [3.8, 4) is 0 Å². The normalized spacial score (nSPS) is 26.2. The van der Waals surface area contributed by atoms with E-state index in [1.165, 1.54) is 28.5 Å². The number of ketones is 1. The SMILES string of the molecule is CC1(C)C=CC(C2=CC=C(/C=C3\SC(=S)CC3=O)C2)=CC1. The summed E-state index contributed by atoms with van der Waals surface area (Å²) in [6, 6.07) is 0. The van der Waals surface area contributed by atoms with E-state index in [2.05, 4.69) is 44.2 Å². The minimum Gasteiger partial charge on any atom is -0.293 e. The maximum atomic E-state index is 11.8. The molecule has 1 heterocycles. The van der Waals surface area contributed by atoms with Gasteiger partial charge in [-0.05, 0) is 41.1 Å². The average Bonchev–Trinajstić information content (AvgIpc) is 2.97. The molecule has 0 amide bonds. The van der Waals surface area contributed by atoms with Gasteiger partial charge in [-0.15, -0.1) is 0 Å². The lowest BCUT2D eigenvalue weighted by Gasteiger charge is -2.23. The van der Waals surface area contributed by atoms with Crippen LogP contribution in [0.2, 0.25) is 0 Å². The minimum atomic E-state index is 0.165. The van der Waals surface area contributed by atoms with Gasteiger partial charge in [-0.1, -0.05) is 68.2 Å². The molecule has 0 aromatic heterocycles. The molecule has 0 radical (unpaired) electrons. The molecule has 21 heavy (non-hydrogen) atoms. The van der Waals surface area contributed by atoms with Crippen LogP contribution in [0.5, 0.6) is 0 Å². The van der Waals surface area contributed by atoms with Crippen molar-refractivity contribution >= 4 is 34.0 Å². The third-order valence-electron chi connectivity index (χ3n) is 3.95. The first-order valence-electron chi connectivity index (χ1n) is 7.18. The largest absolute Gasteiger partial charge is 0.293 e. The molecule has 108 valence electrons. The molecule has 1 saturated heterocycles. The van der Waals surface area contributed by atoms with Gasteiger partial charge in [-0.25, -0.2) is 0 Å². The summed E-state index contributed by atoms with van der Waals surface area (Å²) in [4.78, 5) is 12.6. The standard InChI is InChI=1S/C18H18OS2/c1-18(2)7-5-13(6-8-18)14-4-3-12(9-14)10-16-15(19)11-17(20)21-16/h3-7,10H,8-9,11H2,1-2H3/b16-10-. The van der Waals surface area contributed by atoms with Crippen molar-refractivity contribution in [1.82, 2.24) is 0 Å². The number of Topliss-reactive ketones (excluding diaryl/α,β-unsaturated/α-hetero) is 1. The molecule has 2 aliphatic carbocycles. The van der Waals surface area contributed by atoms with Crippen LogP contribution in [-0.2, 0) is 4.79 Å². The highest BCUT2D eigenvalue weighted by Gasteiger charge is 2.24. The summed E-state index contributed by atoms with van der Waals surface area (Å²) in [5.41, 5.74) is 4.12. The van der Waals surface area contributed by atoms with Crippen LogP contribution in [0.3, 0.4) is 0 Å². The second kappa shape index (κ2) is 5.54. The Hall–Kier alpha value is -1.19. The Morgan fingerprint density at radius 2 is 2.10 bits per heavy atom. The summed E-state index contributed by atoms with van der Waals surface area (Å²) in [5, 5.41) is 0. The molecular weight excluding hydrogens is 296 g/mol. The predicted octanol–water partition coefficient (Wildman–Crippen LogP) is 5.07. The molecule has 0 aromatic rings. The van der Waals surface area contributed by atoms with E-state index in [4.69, 9.17) is 12.2 Å². The van der Waals surface area contributed by atoms with E-state index < -0.39 is 0 Å². The van der Waals surface area contributed by atoms with Crippen molar-refractivity contribution in [3.05, 3.63) is 58.1 Å². The van der Waals surface area contributed by atoms with Gasteiger partial charge in [0.25, 0.3) is 0 Å². The Kier molecular flexibility index (Phi) is 3.89. The Balaban J connectivity index is 1.67. The first-order valence-corrected chi connectivity index (χ1v) is 8.40. The van der Waals surface area contributed by atoms with Gasteiger partial charge in [-0.2, -0.15) is 0 Å². The van der Waals surface area contributed by atoms with Gasteiger partial charge in [0.1, 0.15) is 0 Å². The molecule has 1 fully saturated rings. The van der Waals surface area contributed by atoms with Gasteiger partial charge in [-0.3, -0.25) is 4.79 Å². The van der Waals surface area contributed by atoms with E-state index in [-0.39, 0.29) is 11.2 Å². The fourth-order valence-corrected chi connectivity index (χ4v) is 3.86. The first kappa shape index (κ1) is 14.7. The second-order valence-electron chi connectivity index (χ2n) is 6.38. The maximum Gasteiger partial charge on any atom is 0.175 e. The number of carbonyl (C=O) groups is 1. The van der Waals surface area contributed by atoms with Gasteiger partial charge in [0.2, 0.25) is 0 Å². The lowest BCUT2D eigenvalue weighted by Crippen LogP contribution is -2.09. The molecule has 3 aliphatic rings. The maximum absolute atomic E-state index is 11.8. The smallest absolute Gasteiger partial charge is 0.175 e. The van der Waals surface area contributed by atoms with Crippen LogP contribution in [0.15, 0.2) is 58.1 Å². The Morgan fingerprint density at radius 1 is 1.29 bits per heavy atom. The van der Waals surface area contributed by atoms with Crippen molar-refractivity contribution in [3.63, 3.8) is 0 Å². The Labute approximate surface area is 135 Å². The average molecular weight is 314 g/mol. The summed E-state index contributed by atoms with van der Waals surface area (Å²) < 4.78 is 0.790. The van der Waals surface area contributed by atoms with Crippen LogP contribution in [0.25, 0.3) is 0 Å². The van der Waals surface area contributed by atoms with E-state index in [0.29, 0.717) is 6.42 Å². The summed E-state index contributed by atoms with van der Waals surface area (Å²) in [6.07, 6.45) is 15.5. The highest BCUT2D eigenvalue weighted by Crippen LogP contribution is 2.37. The van der Waals surface area contributed by atoms with E-state index in [1.54, 1.807) is 0 Å². The quantitative estimate of drug-likeness (QED) is 0.523. The number of allylic oxidation sites excluding steroid dienone is 10. The Bertz CT molecular complexity index is 669. The van der Waals surface area contributed by atoms with Crippen molar-refractivity contribution in [1.29, 1.82) is 0 Å². The zero-order valence-electron chi connectivity index (χ0n) is 12.3. The van der Waals surface area contributed by atoms with E-state index >= 15 is 0 Å². The molecule has 3 heteroatoms. The van der Waals surface area contributed by atoms with Crippen molar-refractivity contribution in [2.45, 2.75) is 33.1 Å². The highest BCUT2D eigenvalue weighted by atomic mass is 32.2. The summed E-state index contributed by atoms with van der Waals surface area (Å²) in [6.45, 7) is 4.50. The summed E-state index contributed by atoms with van der Waals surface area (Å²) in [5.74, 6) is 0.165. The predicted molar refractivity (Wildman–Crippen MR) is 94.3 cm³/mol. The third kappa shape index (κ3) is 3.35. The molecule has 0 saturated carbocycles. The molecule has 3 rings (SSSR count). The fourth-order valence-electron chi connectivity index (χ4n) is 2.62. The van der Waals surface area contributed by atoms with Crippen LogP contribution < -0.4 is 0 Å². The lowest BCUT2D eigenvalue weighted by molar-refractivity contribution is -0.113. The van der Waals surface area contributed by atoms with Crippen LogP contribution in [0.1, 0.15) is 33.1 Å². The van der Waals surface area contributed by atoms with Gasteiger partial charge in [0, 0.05) is 0 Å². The highest BCUT2D eigenvalue weighted by molar-refractivity contribution is 8.27. The number of carbonyl (C=O) groups excluding carboxylic acids is 1. The fraction of sp³-hybridized carbons (Fsp3) is 0.333. The molecule has 1 aliphatic heterocycles. The molecule has 0 aromatic carbocycles. The lowest BCUT2D eigenvalue weighted by atomic mass is 9.82. The molecule has 0 N–H and O–H groups in total. The second-order valence-corrected chi connectivity index (χ2v) is 8.27. The van der Waals surface area contributed by atoms with Gasteiger partial charge >= 0.3 is 0 Å². The topological polar surface area (TPSA) is 17.1 Å². The number of thiocarbonyl (C=S) groups is 1. The van der Waals surface area contributed by atoms with Crippen LogP contribution in [0, 0.1) is 5.41 Å². The monoisotopic (exact) mass is 314 g/mol. The van der Waals surface area contributed by atoms with E-state index in [1.807, 2.05) is 6.08 Å². The van der Waals surface area contributed by atoms with Crippen LogP contribution in [-0.4, -0.2) is 9.98 Å². The molecule has 0 unspecified atom stereocenters. The zero-order valence-corrected chi connectivity index (χ0v) is 13.9. The van der Waals surface area contributed by atoms with Crippen LogP contribution in [0.4, 0.5) is 0 Å². The summed E-state index contributed by atoms with van der Waals surface area (Å²) in [7, 11) is 0. The first-order chi connectivity index (χ1) is 9.93.